The van der Waals surface area contributed by atoms with Crippen LogP contribution < -0.4 is 0 Å². The number of hydrogen-bond donors (Lipinski definition) is 1. The van der Waals surface area contributed by atoms with Crippen LogP contribution in [-0.4, -0.2) is 34.7 Å². The Morgan fingerprint density at radius 3 is 2.50 bits per heavy atom. The van der Waals surface area contributed by atoms with Gasteiger partial charge in [-0.15, -0.1) is 12.4 Å². The third-order valence-electron chi connectivity index (χ3n) is 6.02. The van der Waals surface area contributed by atoms with Gasteiger partial charge < -0.3 is 5.11 Å². The van der Waals surface area contributed by atoms with Gasteiger partial charge in [0.05, 0.1) is 15.6 Å². The van der Waals surface area contributed by atoms with Gasteiger partial charge in [-0.1, -0.05) is 50.0 Å². The van der Waals surface area contributed by atoms with Gasteiger partial charge in [-0.05, 0) is 54.7 Å². The van der Waals surface area contributed by atoms with E-state index in [0.717, 1.165) is 38.8 Å². The highest BCUT2D eigenvalue weighted by atomic mass is 35.5. The lowest BCUT2D eigenvalue weighted by Crippen LogP contribution is -2.57. The van der Waals surface area contributed by atoms with Crippen molar-refractivity contribution in [2.24, 2.45) is 5.41 Å². The van der Waals surface area contributed by atoms with Crippen LogP contribution in [0.15, 0.2) is 18.2 Å². The van der Waals surface area contributed by atoms with E-state index in [4.69, 9.17) is 23.2 Å². The standard InChI is InChI=1S/C19H27Cl2NO.ClH/c1-18(2,3)19(23)8-9-22-12-14(4-6-15(22)11-19)13-5-7-16(20)17(21)10-13;/h5,7,10,14-15,23H,4,6,8-9,11-12H2,1-3H3;1H/t14-,15+,19-;/m0./s1. The third kappa shape index (κ3) is 3.88. The van der Waals surface area contributed by atoms with Crippen LogP contribution in [0.3, 0.4) is 0 Å². The molecule has 5 heteroatoms. The van der Waals surface area contributed by atoms with Crippen molar-refractivity contribution in [2.45, 2.75) is 64.0 Å². The normalized spacial score (nSPS) is 31.2. The summed E-state index contributed by atoms with van der Waals surface area (Å²) >= 11 is 12.2. The van der Waals surface area contributed by atoms with Crippen LogP contribution in [0.5, 0.6) is 0 Å². The van der Waals surface area contributed by atoms with E-state index >= 15 is 0 Å². The number of rotatable bonds is 1. The van der Waals surface area contributed by atoms with Crippen LogP contribution in [0.1, 0.15) is 57.9 Å². The number of nitrogens with zero attached hydrogens (tertiary/aromatic N) is 1. The predicted octanol–water partition coefficient (Wildman–Crippen LogP) is 5.53. The van der Waals surface area contributed by atoms with E-state index in [0.29, 0.717) is 22.0 Å². The van der Waals surface area contributed by atoms with Gasteiger partial charge in [0.15, 0.2) is 0 Å². The number of halogens is 3. The van der Waals surface area contributed by atoms with Gasteiger partial charge in [-0.25, -0.2) is 0 Å². The molecule has 0 unspecified atom stereocenters. The summed E-state index contributed by atoms with van der Waals surface area (Å²) in [4.78, 5) is 2.57. The van der Waals surface area contributed by atoms with E-state index in [9.17, 15) is 5.11 Å². The first-order valence-electron chi connectivity index (χ1n) is 8.61. The largest absolute Gasteiger partial charge is 0.389 e. The van der Waals surface area contributed by atoms with E-state index in [1.54, 1.807) is 0 Å². The molecule has 2 aliphatic heterocycles. The van der Waals surface area contributed by atoms with Crippen LogP contribution in [0, 0.1) is 5.41 Å². The summed E-state index contributed by atoms with van der Waals surface area (Å²) in [7, 11) is 0. The lowest BCUT2D eigenvalue weighted by Gasteiger charge is -2.52. The van der Waals surface area contributed by atoms with Gasteiger partial charge in [0, 0.05) is 19.1 Å². The van der Waals surface area contributed by atoms with Crippen LogP contribution in [0.4, 0.5) is 0 Å². The maximum absolute atomic E-state index is 11.0. The van der Waals surface area contributed by atoms with Crippen molar-refractivity contribution < 1.29 is 5.11 Å². The Labute approximate surface area is 161 Å². The molecule has 0 aliphatic carbocycles. The van der Waals surface area contributed by atoms with Gasteiger partial charge in [0.1, 0.15) is 0 Å². The van der Waals surface area contributed by atoms with E-state index < -0.39 is 5.60 Å². The molecular formula is C19H28Cl3NO. The van der Waals surface area contributed by atoms with Crippen molar-refractivity contribution in [3.05, 3.63) is 33.8 Å². The van der Waals surface area contributed by atoms with E-state index in [1.807, 2.05) is 12.1 Å². The summed E-state index contributed by atoms with van der Waals surface area (Å²) in [6.45, 7) is 8.51. The van der Waals surface area contributed by atoms with Crippen molar-refractivity contribution in [1.82, 2.24) is 4.90 Å². The summed E-state index contributed by atoms with van der Waals surface area (Å²) in [5.41, 5.74) is 0.694. The first-order valence-corrected chi connectivity index (χ1v) is 9.36. The molecule has 1 N–H and O–H groups in total. The smallest absolute Gasteiger partial charge is 0.0722 e. The molecule has 2 heterocycles. The third-order valence-corrected chi connectivity index (χ3v) is 6.76. The average molecular weight is 393 g/mol. The molecule has 0 radical (unpaired) electrons. The fourth-order valence-electron chi connectivity index (χ4n) is 4.14. The van der Waals surface area contributed by atoms with Crippen LogP contribution in [0.25, 0.3) is 0 Å². The predicted molar refractivity (Wildman–Crippen MR) is 105 cm³/mol. The molecule has 0 bridgehead atoms. The van der Waals surface area contributed by atoms with Gasteiger partial charge in [-0.2, -0.15) is 0 Å². The van der Waals surface area contributed by atoms with Crippen molar-refractivity contribution in [3.8, 4) is 0 Å². The van der Waals surface area contributed by atoms with E-state index in [2.05, 4.69) is 31.7 Å². The highest BCUT2D eigenvalue weighted by Gasteiger charge is 2.47. The molecule has 2 fully saturated rings. The molecular weight excluding hydrogens is 365 g/mol. The van der Waals surface area contributed by atoms with Gasteiger partial charge >= 0.3 is 0 Å². The number of fused-ring (bicyclic) bond motifs is 1. The number of benzene rings is 1. The molecule has 1 aromatic rings. The second-order valence-electron chi connectivity index (χ2n) is 8.33. The number of hydrogen-bond acceptors (Lipinski definition) is 2. The second-order valence-corrected chi connectivity index (χ2v) is 9.15. The highest BCUT2D eigenvalue weighted by Crippen LogP contribution is 2.44. The zero-order valence-corrected chi connectivity index (χ0v) is 17.0. The van der Waals surface area contributed by atoms with Crippen LogP contribution >= 0.6 is 35.6 Å². The molecule has 24 heavy (non-hydrogen) atoms. The maximum Gasteiger partial charge on any atom is 0.0722 e. The van der Waals surface area contributed by atoms with Gasteiger partial charge in [-0.3, -0.25) is 4.90 Å². The zero-order valence-electron chi connectivity index (χ0n) is 14.7. The molecule has 136 valence electrons. The summed E-state index contributed by atoms with van der Waals surface area (Å²) in [5, 5.41) is 12.3. The number of aliphatic hydroxyl groups is 1. The zero-order chi connectivity index (χ0) is 16.8. The molecule has 0 spiro atoms. The monoisotopic (exact) mass is 391 g/mol. The Kier molecular flexibility index (Phi) is 6.20. The molecule has 3 rings (SSSR count). The van der Waals surface area contributed by atoms with E-state index in [1.165, 1.54) is 5.56 Å². The quantitative estimate of drug-likeness (QED) is 0.678. The molecule has 3 atom stereocenters. The molecule has 0 saturated carbocycles. The van der Waals surface area contributed by atoms with Crippen LogP contribution in [-0.2, 0) is 0 Å². The Balaban J connectivity index is 0.00000208. The molecule has 2 aliphatic rings. The van der Waals surface area contributed by atoms with Crippen LogP contribution in [0.2, 0.25) is 10.0 Å². The molecule has 1 aromatic carbocycles. The molecule has 2 saturated heterocycles. The maximum atomic E-state index is 11.0. The van der Waals surface area contributed by atoms with Crippen molar-refractivity contribution in [1.29, 1.82) is 0 Å². The summed E-state index contributed by atoms with van der Waals surface area (Å²) in [6, 6.07) is 6.53. The average Bonchev–Trinajstić information content (AvgIpc) is 2.48. The highest BCUT2D eigenvalue weighted by molar-refractivity contribution is 6.42. The van der Waals surface area contributed by atoms with Crippen molar-refractivity contribution in [3.63, 3.8) is 0 Å². The SMILES string of the molecule is CC(C)(C)[C@]1(O)CCN2C[C@@H](c3ccc(Cl)c(Cl)c3)CC[C@@H]2C1.Cl. The minimum Gasteiger partial charge on any atom is -0.389 e. The minimum absolute atomic E-state index is 0. The Bertz CT molecular complexity index is 586. The number of piperidine rings is 2. The fourth-order valence-corrected chi connectivity index (χ4v) is 4.45. The van der Waals surface area contributed by atoms with Gasteiger partial charge in [0.2, 0.25) is 0 Å². The molecule has 0 aromatic heterocycles. The Morgan fingerprint density at radius 2 is 1.88 bits per heavy atom. The lowest BCUT2D eigenvalue weighted by atomic mass is 9.67. The summed E-state index contributed by atoms with van der Waals surface area (Å²) < 4.78 is 0. The lowest BCUT2D eigenvalue weighted by molar-refractivity contribution is -0.122. The minimum atomic E-state index is -0.537. The Hall–Kier alpha value is 0.01000. The molecule has 0 amide bonds. The first kappa shape index (κ1) is 20.3. The second kappa shape index (κ2) is 7.32. The van der Waals surface area contributed by atoms with Crippen molar-refractivity contribution >= 4 is 35.6 Å². The molecule has 2 nitrogen and oxygen atoms in total. The fraction of sp³-hybridized carbons (Fsp3) is 0.684. The van der Waals surface area contributed by atoms with Crippen molar-refractivity contribution in [2.75, 3.05) is 13.1 Å². The van der Waals surface area contributed by atoms with E-state index in [-0.39, 0.29) is 17.8 Å². The summed E-state index contributed by atoms with van der Waals surface area (Å²) in [5.74, 6) is 0.516. The first-order chi connectivity index (χ1) is 10.7. The Morgan fingerprint density at radius 1 is 1.17 bits per heavy atom. The topological polar surface area (TPSA) is 23.5 Å². The van der Waals surface area contributed by atoms with Gasteiger partial charge in [0.25, 0.3) is 0 Å². The summed E-state index contributed by atoms with van der Waals surface area (Å²) in [6.07, 6.45) is 4.05.